The Kier molecular flexibility index (Phi) is 38.5. The molecule has 0 amide bonds. The van der Waals surface area contributed by atoms with Gasteiger partial charge >= 0.3 is 27.6 Å². The van der Waals surface area contributed by atoms with Gasteiger partial charge in [0, 0.05) is 12.8 Å². The van der Waals surface area contributed by atoms with Gasteiger partial charge in [0.25, 0.3) is 0 Å². The maximum Gasteiger partial charge on any atom is 0.472 e. The molecule has 0 saturated heterocycles. The Morgan fingerprint density at radius 1 is 0.450 bits per heavy atom. The largest absolute Gasteiger partial charge is 0.472 e. The number of phosphoric ester groups is 2. The standard InChI is InChI=1S/C43H78O15P2/c1-3-5-7-9-11-13-15-17-18-20-22-24-26-28-30-32-43(48)54-34-40(45)36-56-60(51,52)58-38-41(46)37-57-59(49,50)55-35-39(44)33-53-42(47)31-29-27-25-23-21-19-16-14-12-10-8-6-4-2/h5,7,9,11,13,15,19,21,39-41,44-46H,3-4,6,8,10,12,14,16-18,20,22-38H2,1-2H3,(H,49,50)(H,51,52)/b7-5+,11-9+,15-13+,21-19-. The lowest BCUT2D eigenvalue weighted by molar-refractivity contribution is -0.148. The summed E-state index contributed by atoms with van der Waals surface area (Å²) >= 11 is 0. The van der Waals surface area contributed by atoms with Gasteiger partial charge in [0.1, 0.15) is 31.5 Å². The Balaban J connectivity index is 3.95. The number of ether oxygens (including phenoxy) is 2. The van der Waals surface area contributed by atoms with Crippen molar-refractivity contribution in [2.75, 3.05) is 39.6 Å². The number of rotatable bonds is 42. The van der Waals surface area contributed by atoms with Crippen molar-refractivity contribution in [3.05, 3.63) is 48.6 Å². The maximum atomic E-state index is 12.1. The SMILES string of the molecule is CC/C=C/C=C/C=C/CCCCCCCCCC(=O)OCC(O)COP(=O)(O)OCC(O)COP(=O)(O)OCC(O)COC(=O)CCCCC/C=C\CCCCCCCC. The predicted molar refractivity (Wildman–Crippen MR) is 233 cm³/mol. The molecule has 0 aromatic carbocycles. The van der Waals surface area contributed by atoms with E-state index in [-0.39, 0.29) is 12.8 Å². The molecule has 350 valence electrons. The van der Waals surface area contributed by atoms with Gasteiger partial charge in [-0.1, -0.05) is 133 Å². The van der Waals surface area contributed by atoms with Crippen LogP contribution in [0.15, 0.2) is 48.6 Å². The predicted octanol–water partition coefficient (Wildman–Crippen LogP) is 9.27. The van der Waals surface area contributed by atoms with E-state index in [1.165, 1.54) is 38.5 Å². The van der Waals surface area contributed by atoms with Crippen molar-refractivity contribution in [3.8, 4) is 0 Å². The molecule has 0 bridgehead atoms. The lowest BCUT2D eigenvalue weighted by Gasteiger charge is -2.19. The number of hydrogen-bond donors (Lipinski definition) is 5. The lowest BCUT2D eigenvalue weighted by Crippen LogP contribution is -2.25. The fourth-order valence-corrected chi connectivity index (χ4v) is 6.97. The van der Waals surface area contributed by atoms with Crippen LogP contribution in [0.25, 0.3) is 0 Å². The summed E-state index contributed by atoms with van der Waals surface area (Å²) in [6.07, 6.45) is 33.9. The highest BCUT2D eigenvalue weighted by Crippen LogP contribution is 2.45. The molecular weight excluding hydrogens is 818 g/mol. The number of unbranched alkanes of at least 4 members (excludes halogenated alkanes) is 16. The molecule has 15 nitrogen and oxygen atoms in total. The molecule has 17 heteroatoms. The van der Waals surface area contributed by atoms with Crippen molar-refractivity contribution in [2.24, 2.45) is 0 Å². The molecule has 0 heterocycles. The van der Waals surface area contributed by atoms with Crippen LogP contribution in [0.4, 0.5) is 0 Å². The number of carbonyl (C=O) groups excluding carboxylic acids is 2. The Morgan fingerprint density at radius 3 is 1.20 bits per heavy atom. The van der Waals surface area contributed by atoms with Crippen molar-refractivity contribution in [2.45, 2.75) is 173 Å². The summed E-state index contributed by atoms with van der Waals surface area (Å²) in [6, 6.07) is 0. The van der Waals surface area contributed by atoms with E-state index in [9.17, 15) is 43.8 Å². The number of phosphoric acid groups is 2. The topological polar surface area (TPSA) is 225 Å². The Labute approximate surface area is 359 Å². The molecule has 0 saturated carbocycles. The molecule has 0 fully saturated rings. The van der Waals surface area contributed by atoms with Crippen LogP contribution < -0.4 is 0 Å². The van der Waals surface area contributed by atoms with Gasteiger partial charge in [-0.2, -0.15) is 0 Å². The van der Waals surface area contributed by atoms with Gasteiger partial charge < -0.3 is 34.6 Å². The summed E-state index contributed by atoms with van der Waals surface area (Å²) in [6.45, 7) is 0.228. The molecule has 0 radical (unpaired) electrons. The molecule has 5 N–H and O–H groups in total. The van der Waals surface area contributed by atoms with Crippen LogP contribution in [0, 0.1) is 0 Å². The molecule has 5 atom stereocenters. The number of esters is 2. The third kappa shape index (κ3) is 41.4. The average Bonchev–Trinajstić information content (AvgIpc) is 3.22. The van der Waals surface area contributed by atoms with Gasteiger partial charge in [0.15, 0.2) is 0 Å². The molecule has 5 unspecified atom stereocenters. The summed E-state index contributed by atoms with van der Waals surface area (Å²) in [4.78, 5) is 43.6. The van der Waals surface area contributed by atoms with E-state index in [1.807, 2.05) is 18.2 Å². The zero-order valence-corrected chi connectivity index (χ0v) is 38.2. The summed E-state index contributed by atoms with van der Waals surface area (Å²) in [5, 5.41) is 29.9. The first-order valence-corrected chi connectivity index (χ1v) is 25.0. The quantitative estimate of drug-likeness (QED) is 0.0127. The van der Waals surface area contributed by atoms with Crippen molar-refractivity contribution in [3.63, 3.8) is 0 Å². The van der Waals surface area contributed by atoms with Crippen molar-refractivity contribution >= 4 is 27.6 Å². The molecule has 0 aliphatic heterocycles. The zero-order valence-electron chi connectivity index (χ0n) is 36.4. The van der Waals surface area contributed by atoms with E-state index in [1.54, 1.807) is 0 Å². The Hall–Kier alpha value is -2.00. The van der Waals surface area contributed by atoms with Gasteiger partial charge in [-0.15, -0.1) is 0 Å². The summed E-state index contributed by atoms with van der Waals surface area (Å²) in [5.74, 6) is -1.02. The second-order valence-corrected chi connectivity index (χ2v) is 17.6. The van der Waals surface area contributed by atoms with Gasteiger partial charge in [-0.25, -0.2) is 9.13 Å². The van der Waals surface area contributed by atoms with Crippen LogP contribution in [0.5, 0.6) is 0 Å². The minimum atomic E-state index is -4.79. The lowest BCUT2D eigenvalue weighted by atomic mass is 10.1. The van der Waals surface area contributed by atoms with E-state index in [2.05, 4.69) is 62.3 Å². The number of hydrogen-bond acceptors (Lipinski definition) is 13. The first-order chi connectivity index (χ1) is 28.8. The third-order valence-corrected chi connectivity index (χ3v) is 10.7. The first kappa shape index (κ1) is 58.0. The van der Waals surface area contributed by atoms with Crippen LogP contribution in [-0.2, 0) is 46.3 Å². The highest BCUT2D eigenvalue weighted by Gasteiger charge is 2.28. The normalized spacial score (nSPS) is 15.8. The van der Waals surface area contributed by atoms with Gasteiger partial charge in [-0.3, -0.25) is 27.7 Å². The van der Waals surface area contributed by atoms with E-state index < -0.39 is 85.5 Å². The Morgan fingerprint density at radius 2 is 0.783 bits per heavy atom. The van der Waals surface area contributed by atoms with Crippen molar-refractivity contribution in [1.29, 1.82) is 0 Å². The number of allylic oxidation sites excluding steroid dienone is 8. The average molecular weight is 897 g/mol. The minimum absolute atomic E-state index is 0.176. The molecule has 0 aliphatic rings. The molecule has 0 aromatic rings. The Bertz CT molecular complexity index is 1270. The van der Waals surface area contributed by atoms with Crippen LogP contribution in [0.2, 0.25) is 0 Å². The number of carbonyl (C=O) groups is 2. The van der Waals surface area contributed by atoms with Crippen LogP contribution in [0.3, 0.4) is 0 Å². The molecule has 0 spiro atoms. The summed E-state index contributed by atoms with van der Waals surface area (Å²) in [5.41, 5.74) is 0. The first-order valence-electron chi connectivity index (χ1n) is 22.0. The zero-order chi connectivity index (χ0) is 44.6. The fraction of sp³-hybridized carbons (Fsp3) is 0.767. The summed E-state index contributed by atoms with van der Waals surface area (Å²) < 4.78 is 52.8. The second-order valence-electron chi connectivity index (χ2n) is 14.7. The number of aliphatic hydroxyl groups is 3. The van der Waals surface area contributed by atoms with Crippen LogP contribution in [0.1, 0.15) is 155 Å². The van der Waals surface area contributed by atoms with Crippen molar-refractivity contribution in [1.82, 2.24) is 0 Å². The highest BCUT2D eigenvalue weighted by molar-refractivity contribution is 7.47. The van der Waals surface area contributed by atoms with E-state index in [4.69, 9.17) is 9.47 Å². The molecule has 60 heavy (non-hydrogen) atoms. The van der Waals surface area contributed by atoms with Gasteiger partial charge in [0.2, 0.25) is 0 Å². The van der Waals surface area contributed by atoms with Crippen LogP contribution >= 0.6 is 15.6 Å². The van der Waals surface area contributed by atoms with Crippen LogP contribution in [-0.4, -0.2) is 95.0 Å². The molecular formula is C43H78O15P2. The highest BCUT2D eigenvalue weighted by atomic mass is 31.2. The second kappa shape index (κ2) is 39.8. The molecule has 0 aromatic heterocycles. The van der Waals surface area contributed by atoms with E-state index in [0.717, 1.165) is 77.0 Å². The van der Waals surface area contributed by atoms with Crippen molar-refractivity contribution < 1.29 is 71.4 Å². The van der Waals surface area contributed by atoms with E-state index >= 15 is 0 Å². The molecule has 0 aliphatic carbocycles. The molecule has 0 rings (SSSR count). The summed E-state index contributed by atoms with van der Waals surface area (Å²) in [7, 11) is -9.57. The fourth-order valence-electron chi connectivity index (χ4n) is 5.38. The smallest absolute Gasteiger partial charge is 0.463 e. The minimum Gasteiger partial charge on any atom is -0.463 e. The van der Waals surface area contributed by atoms with Gasteiger partial charge in [-0.05, 0) is 57.8 Å². The van der Waals surface area contributed by atoms with Gasteiger partial charge in [0.05, 0.1) is 26.4 Å². The monoisotopic (exact) mass is 896 g/mol. The third-order valence-electron chi connectivity index (χ3n) is 8.83. The maximum absolute atomic E-state index is 12.1. The van der Waals surface area contributed by atoms with E-state index in [0.29, 0.717) is 12.8 Å². The number of aliphatic hydroxyl groups excluding tert-OH is 3.